The molecule has 2 fully saturated rings. The highest BCUT2D eigenvalue weighted by molar-refractivity contribution is 6.39. The minimum Gasteiger partial charge on any atom is -0.481 e. The summed E-state index contributed by atoms with van der Waals surface area (Å²) in [4.78, 5) is 42.3. The topological polar surface area (TPSA) is 105 Å². The zero-order valence-corrected chi connectivity index (χ0v) is 22.0. The lowest BCUT2D eigenvalue weighted by molar-refractivity contribution is -0.152. The Hall–Kier alpha value is -2.80. The van der Waals surface area contributed by atoms with Crippen LogP contribution in [0.3, 0.4) is 0 Å². The minimum absolute atomic E-state index is 0.0662. The van der Waals surface area contributed by atoms with Crippen molar-refractivity contribution in [3.05, 3.63) is 45.5 Å². The van der Waals surface area contributed by atoms with E-state index < -0.39 is 77.9 Å². The molecule has 2 aliphatic carbocycles. The summed E-state index contributed by atoms with van der Waals surface area (Å²) in [6, 6.07) is -0.840. The number of nitrogens with zero attached hydrogens (tertiary/aromatic N) is 4. The van der Waals surface area contributed by atoms with Crippen LogP contribution in [0, 0.1) is 11.3 Å². The van der Waals surface area contributed by atoms with Crippen molar-refractivity contribution in [1.29, 1.82) is 0 Å². The molecule has 2 heterocycles. The third-order valence-electron chi connectivity index (χ3n) is 7.37. The van der Waals surface area contributed by atoms with Gasteiger partial charge in [-0.1, -0.05) is 23.2 Å². The number of hydrogen-bond acceptors (Lipinski definition) is 5. The summed E-state index contributed by atoms with van der Waals surface area (Å²) in [5.41, 5.74) is -3.64. The second kappa shape index (κ2) is 10.3. The average Bonchev–Trinajstić information content (AvgIpc) is 3.22. The summed E-state index contributed by atoms with van der Waals surface area (Å²) in [5, 5.41) is 12.9. The van der Waals surface area contributed by atoms with E-state index in [-0.39, 0.29) is 41.3 Å². The Morgan fingerprint density at radius 3 is 2.18 bits per heavy atom. The van der Waals surface area contributed by atoms with Crippen LogP contribution in [0.2, 0.25) is 10.0 Å². The monoisotopic (exact) mass is 596 g/mol. The molecule has 4 rings (SSSR count). The van der Waals surface area contributed by atoms with Gasteiger partial charge in [0.1, 0.15) is 0 Å². The molecule has 0 radical (unpaired) electrons. The minimum atomic E-state index is -5.06. The molecule has 1 atom stereocenters. The SMILES string of the molecule is CC1(C(=O)O)CCC(n2ncc(C(=O)N(CC(=O)c3c(Cl)cncc3Cl)C[C@H]3CC3(F)F)c2C(F)(F)F)CC1. The predicted molar refractivity (Wildman–Crippen MR) is 128 cm³/mol. The number of alkyl halides is 5. The molecule has 2 aromatic heterocycles. The van der Waals surface area contributed by atoms with Crippen LogP contribution in [-0.2, 0) is 11.0 Å². The number of aromatic nitrogens is 3. The van der Waals surface area contributed by atoms with Crippen molar-refractivity contribution in [2.75, 3.05) is 13.1 Å². The third-order valence-corrected chi connectivity index (χ3v) is 7.94. The lowest BCUT2D eigenvalue weighted by atomic mass is 9.74. The Morgan fingerprint density at radius 1 is 1.13 bits per heavy atom. The zero-order valence-electron chi connectivity index (χ0n) is 20.4. The Morgan fingerprint density at radius 2 is 1.69 bits per heavy atom. The summed E-state index contributed by atoms with van der Waals surface area (Å²) in [7, 11) is 0. The molecule has 212 valence electrons. The summed E-state index contributed by atoms with van der Waals surface area (Å²) >= 11 is 12.0. The lowest BCUT2D eigenvalue weighted by Crippen LogP contribution is -2.39. The van der Waals surface area contributed by atoms with Gasteiger partial charge in [-0.25, -0.2) is 8.78 Å². The van der Waals surface area contributed by atoms with Crippen molar-refractivity contribution in [2.24, 2.45) is 11.3 Å². The number of rotatable bonds is 8. The van der Waals surface area contributed by atoms with E-state index in [4.69, 9.17) is 23.2 Å². The highest BCUT2D eigenvalue weighted by Crippen LogP contribution is 2.49. The molecular weight excluding hydrogens is 574 g/mol. The number of pyridine rings is 1. The number of amides is 1. The maximum absolute atomic E-state index is 14.3. The van der Waals surface area contributed by atoms with Crippen LogP contribution in [0.25, 0.3) is 0 Å². The predicted octanol–water partition coefficient (Wildman–Crippen LogP) is 5.79. The van der Waals surface area contributed by atoms with Gasteiger partial charge in [0.2, 0.25) is 0 Å². The van der Waals surface area contributed by atoms with E-state index in [0.29, 0.717) is 15.8 Å². The molecular formula is C24H23Cl2F5N4O4. The van der Waals surface area contributed by atoms with Gasteiger partial charge in [-0.15, -0.1) is 0 Å². The van der Waals surface area contributed by atoms with Gasteiger partial charge in [0.15, 0.2) is 11.5 Å². The normalized spacial score (nSPS) is 24.3. The lowest BCUT2D eigenvalue weighted by Gasteiger charge is -2.34. The Balaban J connectivity index is 1.66. The molecule has 39 heavy (non-hydrogen) atoms. The van der Waals surface area contributed by atoms with E-state index in [0.717, 1.165) is 12.4 Å². The number of hydrogen-bond donors (Lipinski definition) is 1. The summed E-state index contributed by atoms with van der Waals surface area (Å²) in [6.07, 6.45) is -2.42. The molecule has 1 N–H and O–H groups in total. The van der Waals surface area contributed by atoms with Crippen molar-refractivity contribution < 1.29 is 41.4 Å². The number of ketones is 1. The van der Waals surface area contributed by atoms with Crippen molar-refractivity contribution >= 4 is 40.9 Å². The second-order valence-electron chi connectivity index (χ2n) is 10.2. The number of carboxylic acids is 1. The number of carbonyl (C=O) groups is 3. The van der Waals surface area contributed by atoms with Gasteiger partial charge in [-0.05, 0) is 32.6 Å². The van der Waals surface area contributed by atoms with Gasteiger partial charge in [0.05, 0.1) is 45.4 Å². The van der Waals surface area contributed by atoms with E-state index >= 15 is 0 Å². The first-order valence-corrected chi connectivity index (χ1v) is 12.7. The smallest absolute Gasteiger partial charge is 0.433 e. The zero-order chi connectivity index (χ0) is 28.9. The van der Waals surface area contributed by atoms with Crippen LogP contribution in [0.4, 0.5) is 22.0 Å². The van der Waals surface area contributed by atoms with Crippen LogP contribution < -0.4 is 0 Å². The van der Waals surface area contributed by atoms with Crippen molar-refractivity contribution in [3.8, 4) is 0 Å². The van der Waals surface area contributed by atoms with Crippen molar-refractivity contribution in [1.82, 2.24) is 19.7 Å². The molecule has 0 unspecified atom stereocenters. The van der Waals surface area contributed by atoms with Gasteiger partial charge in [0.25, 0.3) is 11.8 Å². The molecule has 0 spiro atoms. The van der Waals surface area contributed by atoms with Gasteiger partial charge < -0.3 is 10.0 Å². The van der Waals surface area contributed by atoms with Crippen LogP contribution in [-0.4, -0.2) is 61.4 Å². The average molecular weight is 597 g/mol. The van der Waals surface area contributed by atoms with Crippen LogP contribution >= 0.6 is 23.2 Å². The van der Waals surface area contributed by atoms with E-state index in [9.17, 15) is 41.4 Å². The summed E-state index contributed by atoms with van der Waals surface area (Å²) < 4.78 is 71.0. The number of aliphatic carboxylic acids is 1. The molecule has 2 saturated carbocycles. The van der Waals surface area contributed by atoms with Crippen molar-refractivity contribution in [3.63, 3.8) is 0 Å². The Labute approximate surface area is 229 Å². The first kappa shape index (κ1) is 29.2. The first-order chi connectivity index (χ1) is 18.0. The molecule has 0 aromatic carbocycles. The number of carbonyl (C=O) groups excluding carboxylic acids is 2. The highest BCUT2D eigenvalue weighted by atomic mass is 35.5. The van der Waals surface area contributed by atoms with Gasteiger partial charge in [-0.2, -0.15) is 18.3 Å². The van der Waals surface area contributed by atoms with Crippen LogP contribution in [0.1, 0.15) is 71.5 Å². The number of carboxylic acid groups (broad SMARTS) is 1. The fourth-order valence-electron chi connectivity index (χ4n) is 4.83. The molecule has 0 aliphatic heterocycles. The maximum Gasteiger partial charge on any atom is 0.433 e. The Bertz CT molecular complexity index is 1290. The van der Waals surface area contributed by atoms with Crippen LogP contribution in [0.15, 0.2) is 18.6 Å². The molecule has 2 aromatic rings. The number of halogens is 7. The van der Waals surface area contributed by atoms with Gasteiger partial charge >= 0.3 is 12.1 Å². The van der Waals surface area contributed by atoms with E-state index in [1.165, 1.54) is 6.92 Å². The number of Topliss-reactive ketones (excluding diaryl/α,β-unsaturated/α-hetero) is 1. The van der Waals surface area contributed by atoms with E-state index in [1.807, 2.05) is 0 Å². The van der Waals surface area contributed by atoms with Crippen LogP contribution in [0.5, 0.6) is 0 Å². The molecule has 0 saturated heterocycles. The Kier molecular flexibility index (Phi) is 7.71. The second-order valence-corrected chi connectivity index (χ2v) is 11.0. The van der Waals surface area contributed by atoms with E-state index in [2.05, 4.69) is 10.1 Å². The molecule has 15 heteroatoms. The van der Waals surface area contributed by atoms with E-state index in [1.54, 1.807) is 0 Å². The molecule has 8 nitrogen and oxygen atoms in total. The third kappa shape index (κ3) is 5.88. The summed E-state index contributed by atoms with van der Waals surface area (Å²) in [5.74, 6) is -7.69. The molecule has 0 bridgehead atoms. The fourth-order valence-corrected chi connectivity index (χ4v) is 5.41. The maximum atomic E-state index is 14.3. The largest absolute Gasteiger partial charge is 0.481 e. The first-order valence-electron chi connectivity index (χ1n) is 11.9. The quantitative estimate of drug-likeness (QED) is 0.305. The van der Waals surface area contributed by atoms with Crippen molar-refractivity contribution in [2.45, 2.75) is 57.2 Å². The van der Waals surface area contributed by atoms with Gasteiger partial charge in [0, 0.05) is 31.3 Å². The molecule has 2 aliphatic rings. The van der Waals surface area contributed by atoms with Gasteiger partial charge in [-0.3, -0.25) is 24.0 Å². The standard InChI is InChI=1S/C24H23Cl2F5N4O4/c1-22(21(38)39)4-2-13(3-5-22)35-19(24(29,30)31)14(7-33-35)20(37)34(10-12-6-23(12,27)28)11-17(36)18-15(25)8-32-9-16(18)26/h7-9,12-13H,2-6,10-11H2,1H3,(H,38,39)/t12-,13?,22?/m1/s1. The highest BCUT2D eigenvalue weighted by Gasteiger charge is 2.58. The molecule has 1 amide bonds. The summed E-state index contributed by atoms with van der Waals surface area (Å²) in [6.45, 7) is -0.0311. The fraction of sp³-hybridized carbons (Fsp3) is 0.542.